The second-order valence-corrected chi connectivity index (χ2v) is 4.14. The summed E-state index contributed by atoms with van der Waals surface area (Å²) in [7, 11) is 0. The van der Waals surface area contributed by atoms with Gasteiger partial charge < -0.3 is 10.4 Å². The maximum absolute atomic E-state index is 11.0. The van der Waals surface area contributed by atoms with Gasteiger partial charge in [0.2, 0.25) is 5.91 Å². The molecule has 0 saturated heterocycles. The quantitative estimate of drug-likeness (QED) is 0.452. The predicted molar refractivity (Wildman–Crippen MR) is 57.3 cm³/mol. The molecule has 0 aliphatic carbocycles. The minimum atomic E-state index is -0.208. The maximum atomic E-state index is 11.0. The van der Waals surface area contributed by atoms with Crippen LogP contribution in [0.2, 0.25) is 0 Å². The zero-order valence-electron chi connectivity index (χ0n) is 8.41. The van der Waals surface area contributed by atoms with Gasteiger partial charge in [0.1, 0.15) is 5.78 Å². The van der Waals surface area contributed by atoms with Gasteiger partial charge in [-0.1, -0.05) is 0 Å². The lowest BCUT2D eigenvalue weighted by Crippen LogP contribution is -2.27. The fraction of sp³-hybridized carbons (Fsp3) is 0.778. The highest BCUT2D eigenvalue weighted by molar-refractivity contribution is 7.99. The van der Waals surface area contributed by atoms with Gasteiger partial charge in [-0.15, -0.1) is 0 Å². The maximum Gasteiger partial charge on any atom is 0.227 e. The molecule has 0 fully saturated rings. The third-order valence-corrected chi connectivity index (χ3v) is 2.50. The molecule has 0 radical (unpaired) electrons. The van der Waals surface area contributed by atoms with Gasteiger partial charge in [-0.3, -0.25) is 9.59 Å². The summed E-state index contributed by atoms with van der Waals surface area (Å²) in [6.45, 7) is 2.20. The van der Waals surface area contributed by atoms with Crippen molar-refractivity contribution in [3.05, 3.63) is 0 Å². The van der Waals surface area contributed by atoms with E-state index >= 15 is 0 Å². The van der Waals surface area contributed by atoms with Crippen molar-refractivity contribution in [1.29, 1.82) is 0 Å². The van der Waals surface area contributed by atoms with Crippen LogP contribution >= 0.6 is 11.8 Å². The van der Waals surface area contributed by atoms with E-state index in [0.29, 0.717) is 6.54 Å². The first-order valence-electron chi connectivity index (χ1n) is 4.61. The van der Waals surface area contributed by atoms with Crippen LogP contribution in [-0.2, 0) is 9.59 Å². The SMILES string of the molecule is CC(=O)CC(=O)NCCSCCCO. The summed E-state index contributed by atoms with van der Waals surface area (Å²) in [4.78, 5) is 21.5. The van der Waals surface area contributed by atoms with Crippen molar-refractivity contribution in [3.8, 4) is 0 Å². The van der Waals surface area contributed by atoms with Gasteiger partial charge in [-0.05, 0) is 19.1 Å². The zero-order chi connectivity index (χ0) is 10.8. The van der Waals surface area contributed by atoms with Crippen molar-refractivity contribution in [2.24, 2.45) is 0 Å². The Bertz CT molecular complexity index is 185. The molecule has 4 nitrogen and oxygen atoms in total. The van der Waals surface area contributed by atoms with Crippen molar-refractivity contribution < 1.29 is 14.7 Å². The molecule has 0 heterocycles. The number of thioether (sulfide) groups is 1. The molecule has 0 aromatic heterocycles. The Morgan fingerprint density at radius 2 is 2.07 bits per heavy atom. The molecule has 0 aromatic rings. The molecule has 0 saturated carbocycles. The Kier molecular flexibility index (Phi) is 8.67. The lowest BCUT2D eigenvalue weighted by atomic mass is 10.3. The molecule has 0 spiro atoms. The summed E-state index contributed by atoms with van der Waals surface area (Å²) in [6.07, 6.45) is 0.757. The lowest BCUT2D eigenvalue weighted by molar-refractivity contribution is -0.127. The van der Waals surface area contributed by atoms with Crippen LogP contribution in [0.3, 0.4) is 0 Å². The Morgan fingerprint density at radius 1 is 1.36 bits per heavy atom. The second-order valence-electron chi connectivity index (χ2n) is 2.92. The molecule has 82 valence electrons. The van der Waals surface area contributed by atoms with E-state index in [1.165, 1.54) is 6.92 Å². The number of aliphatic hydroxyl groups excluding tert-OH is 1. The standard InChI is InChI=1S/C9H17NO3S/c1-8(12)7-9(13)10-3-6-14-5-2-4-11/h11H,2-7H2,1H3,(H,10,13). The van der Waals surface area contributed by atoms with Crippen LogP contribution < -0.4 is 5.32 Å². The largest absolute Gasteiger partial charge is 0.396 e. The number of hydrogen-bond donors (Lipinski definition) is 2. The first kappa shape index (κ1) is 13.4. The highest BCUT2D eigenvalue weighted by Crippen LogP contribution is 1.99. The molecule has 0 aromatic carbocycles. The van der Waals surface area contributed by atoms with E-state index in [0.717, 1.165) is 17.9 Å². The van der Waals surface area contributed by atoms with Gasteiger partial charge in [-0.2, -0.15) is 11.8 Å². The predicted octanol–water partition coefficient (Wildman–Crippen LogP) is 0.197. The van der Waals surface area contributed by atoms with Crippen LogP contribution in [-0.4, -0.2) is 41.5 Å². The van der Waals surface area contributed by atoms with Crippen LogP contribution in [0.15, 0.2) is 0 Å². The minimum absolute atomic E-state index is 0.0265. The summed E-state index contributed by atoms with van der Waals surface area (Å²) in [5.41, 5.74) is 0. The van der Waals surface area contributed by atoms with Gasteiger partial charge in [0, 0.05) is 18.9 Å². The molecule has 0 atom stereocenters. The normalized spacial score (nSPS) is 9.86. The van der Waals surface area contributed by atoms with E-state index in [2.05, 4.69) is 5.32 Å². The third-order valence-electron chi connectivity index (χ3n) is 1.42. The minimum Gasteiger partial charge on any atom is -0.396 e. The molecule has 0 aliphatic heterocycles. The van der Waals surface area contributed by atoms with E-state index in [-0.39, 0.29) is 24.7 Å². The number of aliphatic hydroxyl groups is 1. The number of Topliss-reactive ketones (excluding diaryl/α,β-unsaturated/α-hetero) is 1. The van der Waals surface area contributed by atoms with Crippen LogP contribution in [0.5, 0.6) is 0 Å². The van der Waals surface area contributed by atoms with Gasteiger partial charge in [-0.25, -0.2) is 0 Å². The fourth-order valence-corrected chi connectivity index (χ4v) is 1.60. The molecule has 14 heavy (non-hydrogen) atoms. The van der Waals surface area contributed by atoms with Crippen LogP contribution in [0.1, 0.15) is 19.8 Å². The van der Waals surface area contributed by atoms with Crippen LogP contribution in [0.4, 0.5) is 0 Å². The summed E-state index contributed by atoms with van der Waals surface area (Å²) >= 11 is 1.68. The zero-order valence-corrected chi connectivity index (χ0v) is 9.23. The molecule has 1 amide bonds. The van der Waals surface area contributed by atoms with Crippen molar-refractivity contribution in [2.45, 2.75) is 19.8 Å². The topological polar surface area (TPSA) is 66.4 Å². The number of ketones is 1. The van der Waals surface area contributed by atoms with Crippen molar-refractivity contribution >= 4 is 23.5 Å². The average molecular weight is 219 g/mol. The van der Waals surface area contributed by atoms with E-state index in [1.54, 1.807) is 11.8 Å². The molecule has 0 unspecified atom stereocenters. The summed E-state index contributed by atoms with van der Waals surface area (Å²) in [5.74, 6) is 1.40. The van der Waals surface area contributed by atoms with E-state index < -0.39 is 0 Å². The van der Waals surface area contributed by atoms with Crippen LogP contribution in [0, 0.1) is 0 Å². The van der Waals surface area contributed by atoms with Gasteiger partial charge >= 0.3 is 0 Å². The monoisotopic (exact) mass is 219 g/mol. The van der Waals surface area contributed by atoms with Crippen LogP contribution in [0.25, 0.3) is 0 Å². The molecule has 0 bridgehead atoms. The number of carbonyl (C=O) groups is 2. The summed E-state index contributed by atoms with van der Waals surface area (Å²) in [6, 6.07) is 0. The Balaban J connectivity index is 3.19. The van der Waals surface area contributed by atoms with Crippen molar-refractivity contribution in [3.63, 3.8) is 0 Å². The first-order valence-corrected chi connectivity index (χ1v) is 5.77. The highest BCUT2D eigenvalue weighted by atomic mass is 32.2. The highest BCUT2D eigenvalue weighted by Gasteiger charge is 2.02. The van der Waals surface area contributed by atoms with Gasteiger partial charge in [0.25, 0.3) is 0 Å². The molecular weight excluding hydrogens is 202 g/mol. The van der Waals surface area contributed by atoms with Crippen molar-refractivity contribution in [2.75, 3.05) is 24.7 Å². The Hall–Kier alpha value is -0.550. The molecular formula is C9H17NO3S. The van der Waals surface area contributed by atoms with Crippen molar-refractivity contribution in [1.82, 2.24) is 5.32 Å². The third kappa shape index (κ3) is 9.54. The summed E-state index contributed by atoms with van der Waals surface area (Å²) in [5, 5.41) is 11.1. The second kappa shape index (κ2) is 9.02. The average Bonchev–Trinajstić information content (AvgIpc) is 2.10. The Labute approximate surface area is 88.4 Å². The smallest absolute Gasteiger partial charge is 0.227 e. The molecule has 0 rings (SSSR count). The lowest BCUT2D eigenvalue weighted by Gasteiger charge is -2.03. The van der Waals surface area contributed by atoms with Gasteiger partial charge in [0.15, 0.2) is 0 Å². The van der Waals surface area contributed by atoms with E-state index in [4.69, 9.17) is 5.11 Å². The van der Waals surface area contributed by atoms with E-state index in [9.17, 15) is 9.59 Å². The fourth-order valence-electron chi connectivity index (χ4n) is 0.820. The number of rotatable bonds is 8. The number of nitrogens with one attached hydrogen (secondary N) is 1. The molecule has 2 N–H and O–H groups in total. The number of hydrogen-bond acceptors (Lipinski definition) is 4. The summed E-state index contributed by atoms with van der Waals surface area (Å²) < 4.78 is 0. The number of carbonyl (C=O) groups excluding carboxylic acids is 2. The number of amides is 1. The first-order chi connectivity index (χ1) is 6.66. The molecule has 0 aliphatic rings. The van der Waals surface area contributed by atoms with Gasteiger partial charge in [0.05, 0.1) is 6.42 Å². The van der Waals surface area contributed by atoms with E-state index in [1.807, 2.05) is 0 Å². The molecule has 5 heteroatoms. The Morgan fingerprint density at radius 3 is 2.64 bits per heavy atom.